The lowest BCUT2D eigenvalue weighted by Gasteiger charge is -2.38. The number of nitrogens with zero attached hydrogens (tertiary/aromatic N) is 5. The summed E-state index contributed by atoms with van der Waals surface area (Å²) in [6.07, 6.45) is 2.64. The maximum atomic E-state index is 6.62. The molecule has 0 aromatic carbocycles. The predicted molar refractivity (Wildman–Crippen MR) is 116 cm³/mol. The number of H-pyrrole nitrogens is 1. The average molecular weight is 432 g/mol. The van der Waals surface area contributed by atoms with Crippen molar-refractivity contribution in [2.24, 2.45) is 5.73 Å². The van der Waals surface area contributed by atoms with Crippen molar-refractivity contribution < 1.29 is 4.74 Å². The fourth-order valence-corrected chi connectivity index (χ4v) is 4.75. The van der Waals surface area contributed by atoms with Gasteiger partial charge in [-0.25, -0.2) is 15.0 Å². The molecule has 3 aromatic heterocycles. The van der Waals surface area contributed by atoms with E-state index in [2.05, 4.69) is 26.7 Å². The molecule has 0 atom stereocenters. The quantitative estimate of drug-likeness (QED) is 0.608. The lowest BCUT2D eigenvalue weighted by atomic mass is 10.1. The van der Waals surface area contributed by atoms with Crippen molar-refractivity contribution in [3.05, 3.63) is 23.0 Å². The standard InChI is InChI=1S/C19H22ClN7OS/c1-3-12-15(20)14-16(23-12)24-19(25-18(14)27-8-10(21)9-27)29-11-6-13-17(22-7-11)26(2)4-5-28-13/h6-7,10H,3-5,8-9,21H2,1-2H3,(H,23,24,25). The second-order valence-corrected chi connectivity index (χ2v) is 8.77. The molecule has 5 rings (SSSR count). The van der Waals surface area contributed by atoms with Crippen LogP contribution < -0.4 is 20.3 Å². The van der Waals surface area contributed by atoms with Crippen molar-refractivity contribution in [1.29, 1.82) is 0 Å². The first-order chi connectivity index (χ1) is 14.0. The number of fused-ring (bicyclic) bond motifs is 2. The van der Waals surface area contributed by atoms with E-state index in [0.717, 1.165) is 65.1 Å². The molecule has 0 unspecified atom stereocenters. The molecule has 0 saturated carbocycles. The molecular weight excluding hydrogens is 410 g/mol. The summed E-state index contributed by atoms with van der Waals surface area (Å²) in [4.78, 5) is 22.6. The number of nitrogens with one attached hydrogen (secondary N) is 1. The first-order valence-electron chi connectivity index (χ1n) is 9.64. The molecule has 3 N–H and O–H groups in total. The molecule has 0 radical (unpaired) electrons. The van der Waals surface area contributed by atoms with E-state index < -0.39 is 0 Å². The third-order valence-electron chi connectivity index (χ3n) is 5.25. The van der Waals surface area contributed by atoms with E-state index in [-0.39, 0.29) is 6.04 Å². The molecule has 0 amide bonds. The highest BCUT2D eigenvalue weighted by atomic mass is 35.5. The Balaban J connectivity index is 1.53. The van der Waals surface area contributed by atoms with Crippen LogP contribution in [0.4, 0.5) is 11.6 Å². The van der Waals surface area contributed by atoms with Crippen molar-refractivity contribution >= 4 is 46.0 Å². The lowest BCUT2D eigenvalue weighted by molar-refractivity contribution is 0.308. The van der Waals surface area contributed by atoms with Crippen LogP contribution in [0, 0.1) is 0 Å². The van der Waals surface area contributed by atoms with Crippen LogP contribution in [0.1, 0.15) is 12.6 Å². The van der Waals surface area contributed by atoms with Crippen LogP contribution in [0.2, 0.25) is 5.02 Å². The van der Waals surface area contributed by atoms with E-state index in [1.165, 1.54) is 11.8 Å². The van der Waals surface area contributed by atoms with Gasteiger partial charge in [-0.15, -0.1) is 0 Å². The zero-order valence-corrected chi connectivity index (χ0v) is 17.8. The van der Waals surface area contributed by atoms with Gasteiger partial charge in [0.1, 0.15) is 18.1 Å². The van der Waals surface area contributed by atoms with Crippen LogP contribution in [0.5, 0.6) is 5.75 Å². The van der Waals surface area contributed by atoms with Gasteiger partial charge in [0, 0.05) is 43.0 Å². The van der Waals surface area contributed by atoms with Gasteiger partial charge in [-0.05, 0) is 24.2 Å². The lowest BCUT2D eigenvalue weighted by Crippen LogP contribution is -2.56. The zero-order valence-electron chi connectivity index (χ0n) is 16.3. The average Bonchev–Trinajstić information content (AvgIpc) is 3.01. The van der Waals surface area contributed by atoms with Gasteiger partial charge in [0.15, 0.2) is 16.7 Å². The summed E-state index contributed by atoms with van der Waals surface area (Å²) in [5, 5.41) is 2.20. The summed E-state index contributed by atoms with van der Waals surface area (Å²) in [5.74, 6) is 2.48. The number of ether oxygens (including phenoxy) is 1. The maximum Gasteiger partial charge on any atom is 0.196 e. The minimum absolute atomic E-state index is 0.165. The van der Waals surface area contributed by atoms with E-state index in [0.29, 0.717) is 16.8 Å². The fourth-order valence-electron chi connectivity index (χ4n) is 3.65. The van der Waals surface area contributed by atoms with Gasteiger partial charge in [-0.1, -0.05) is 18.5 Å². The molecule has 29 heavy (non-hydrogen) atoms. The van der Waals surface area contributed by atoms with Gasteiger partial charge in [-0.3, -0.25) is 0 Å². The van der Waals surface area contributed by atoms with Crippen molar-refractivity contribution in [2.75, 3.05) is 43.1 Å². The van der Waals surface area contributed by atoms with Gasteiger partial charge in [0.25, 0.3) is 0 Å². The number of halogens is 1. The molecule has 5 heterocycles. The number of nitrogens with two attached hydrogens (primary N) is 1. The molecule has 0 bridgehead atoms. The van der Waals surface area contributed by atoms with Gasteiger partial charge >= 0.3 is 0 Å². The molecule has 1 saturated heterocycles. The van der Waals surface area contributed by atoms with Crippen molar-refractivity contribution in [1.82, 2.24) is 19.9 Å². The van der Waals surface area contributed by atoms with Crippen molar-refractivity contribution in [3.63, 3.8) is 0 Å². The summed E-state index contributed by atoms with van der Waals surface area (Å²) in [6, 6.07) is 2.16. The molecule has 2 aliphatic rings. The Morgan fingerprint density at radius 3 is 2.93 bits per heavy atom. The van der Waals surface area contributed by atoms with Crippen LogP contribution in [0.3, 0.4) is 0 Å². The molecule has 1 fully saturated rings. The summed E-state index contributed by atoms with van der Waals surface area (Å²) in [6.45, 7) is 5.08. The van der Waals surface area contributed by atoms with Crippen LogP contribution in [-0.2, 0) is 6.42 Å². The Hall–Kier alpha value is -2.23. The highest BCUT2D eigenvalue weighted by Gasteiger charge is 2.29. The number of rotatable bonds is 4. The first kappa shape index (κ1) is 18.8. The minimum Gasteiger partial charge on any atom is -0.488 e. The molecule has 2 aliphatic heterocycles. The number of hydrogen-bond acceptors (Lipinski definition) is 8. The van der Waals surface area contributed by atoms with E-state index >= 15 is 0 Å². The second kappa shape index (κ2) is 7.23. The maximum absolute atomic E-state index is 6.62. The van der Waals surface area contributed by atoms with Gasteiger partial charge in [0.2, 0.25) is 0 Å². The van der Waals surface area contributed by atoms with Gasteiger partial charge in [-0.2, -0.15) is 0 Å². The normalized spacial score (nSPS) is 16.7. The van der Waals surface area contributed by atoms with Crippen LogP contribution >= 0.6 is 23.4 Å². The van der Waals surface area contributed by atoms with Crippen LogP contribution in [-0.4, -0.2) is 59.3 Å². The molecule has 3 aromatic rings. The smallest absolute Gasteiger partial charge is 0.196 e. The summed E-state index contributed by atoms with van der Waals surface area (Å²) in [5.41, 5.74) is 7.72. The topological polar surface area (TPSA) is 96.2 Å². The van der Waals surface area contributed by atoms with E-state index in [1.807, 2.05) is 19.3 Å². The molecular formula is C19H22ClN7OS. The number of aryl methyl sites for hydroxylation is 1. The van der Waals surface area contributed by atoms with E-state index in [9.17, 15) is 0 Å². The van der Waals surface area contributed by atoms with E-state index in [4.69, 9.17) is 32.0 Å². The van der Waals surface area contributed by atoms with Crippen molar-refractivity contribution in [3.8, 4) is 5.75 Å². The Bertz CT molecular complexity index is 1080. The number of anilines is 2. The molecule has 0 aliphatic carbocycles. The summed E-state index contributed by atoms with van der Waals surface area (Å²) in [7, 11) is 2.02. The molecule has 152 valence electrons. The Labute approximate surface area is 177 Å². The monoisotopic (exact) mass is 431 g/mol. The Morgan fingerprint density at radius 2 is 2.17 bits per heavy atom. The fraction of sp³-hybridized carbons (Fsp3) is 0.421. The number of aromatic nitrogens is 4. The Morgan fingerprint density at radius 1 is 1.34 bits per heavy atom. The number of hydrogen-bond donors (Lipinski definition) is 2. The number of pyridine rings is 1. The van der Waals surface area contributed by atoms with Crippen LogP contribution in [0.15, 0.2) is 22.3 Å². The van der Waals surface area contributed by atoms with E-state index in [1.54, 1.807) is 0 Å². The highest BCUT2D eigenvalue weighted by molar-refractivity contribution is 7.99. The minimum atomic E-state index is 0.165. The third kappa shape index (κ3) is 3.27. The van der Waals surface area contributed by atoms with Crippen LogP contribution in [0.25, 0.3) is 11.0 Å². The third-order valence-corrected chi connectivity index (χ3v) is 6.49. The summed E-state index contributed by atoms with van der Waals surface area (Å²) >= 11 is 8.08. The predicted octanol–water partition coefficient (Wildman–Crippen LogP) is 2.70. The molecule has 8 nitrogen and oxygen atoms in total. The van der Waals surface area contributed by atoms with Gasteiger partial charge < -0.3 is 25.3 Å². The summed E-state index contributed by atoms with van der Waals surface area (Å²) < 4.78 is 5.77. The SMILES string of the molecule is CCc1[nH]c2nc(Sc3cnc4c(c3)OCCN4C)nc(N3CC(N)C3)c2c1Cl. The van der Waals surface area contributed by atoms with Crippen molar-refractivity contribution in [2.45, 2.75) is 29.4 Å². The first-order valence-corrected chi connectivity index (χ1v) is 10.8. The Kier molecular flexibility index (Phi) is 4.68. The number of aromatic amines is 1. The molecule has 0 spiro atoms. The largest absolute Gasteiger partial charge is 0.488 e. The number of likely N-dealkylation sites (N-methyl/N-ethyl adjacent to an activating group) is 1. The zero-order chi connectivity index (χ0) is 20.1. The molecule has 10 heteroatoms. The highest BCUT2D eigenvalue weighted by Crippen LogP contribution is 2.39. The van der Waals surface area contributed by atoms with Gasteiger partial charge in [0.05, 0.1) is 17.0 Å². The second-order valence-electron chi connectivity index (χ2n) is 7.35.